The molecule has 0 aliphatic heterocycles. The molecule has 0 spiro atoms. The molecular formula is C17H17ClF2N2O5S2. The van der Waals surface area contributed by atoms with E-state index < -0.39 is 58.6 Å². The molecule has 7 nitrogen and oxygen atoms in total. The van der Waals surface area contributed by atoms with Crippen LogP contribution in [0.1, 0.15) is 6.42 Å². The van der Waals surface area contributed by atoms with Crippen molar-refractivity contribution in [2.75, 3.05) is 24.6 Å². The van der Waals surface area contributed by atoms with E-state index in [9.17, 15) is 30.4 Å². The summed E-state index contributed by atoms with van der Waals surface area (Å²) in [5, 5.41) is 0.0191. The topological polar surface area (TPSA) is 101 Å². The van der Waals surface area contributed by atoms with Crippen LogP contribution in [0.5, 0.6) is 0 Å². The number of carbonyl (C=O) groups excluding carboxylic acids is 1. The van der Waals surface area contributed by atoms with Crippen molar-refractivity contribution in [1.82, 2.24) is 4.90 Å². The van der Waals surface area contributed by atoms with Gasteiger partial charge in [0.05, 0.1) is 16.3 Å². The van der Waals surface area contributed by atoms with E-state index in [4.69, 9.17) is 11.6 Å². The Morgan fingerprint density at radius 1 is 1.03 bits per heavy atom. The summed E-state index contributed by atoms with van der Waals surface area (Å²) in [4.78, 5) is 11.6. The van der Waals surface area contributed by atoms with Crippen molar-refractivity contribution < 1.29 is 30.4 Å². The highest BCUT2D eigenvalue weighted by atomic mass is 35.5. The summed E-state index contributed by atoms with van der Waals surface area (Å²) in [5.41, 5.74) is -0.418. The highest BCUT2D eigenvalue weighted by Crippen LogP contribution is 2.29. The number of benzene rings is 2. The number of nitrogens with one attached hydrogen (secondary N) is 1. The van der Waals surface area contributed by atoms with E-state index in [-0.39, 0.29) is 11.4 Å². The quantitative estimate of drug-likeness (QED) is 0.676. The third kappa shape index (κ3) is 5.64. The van der Waals surface area contributed by atoms with Crippen LogP contribution in [-0.2, 0) is 24.7 Å². The summed E-state index contributed by atoms with van der Waals surface area (Å²) in [6, 6.07) is 5.20. The highest BCUT2D eigenvalue weighted by Gasteiger charge is 2.26. The molecule has 0 unspecified atom stereocenters. The van der Waals surface area contributed by atoms with Crippen molar-refractivity contribution >= 4 is 43.1 Å². The lowest BCUT2D eigenvalue weighted by Crippen LogP contribution is -2.24. The third-order valence-corrected chi connectivity index (χ3v) is 7.19. The molecule has 1 N–H and O–H groups in total. The molecule has 0 aliphatic carbocycles. The molecule has 12 heteroatoms. The number of rotatable bonds is 7. The van der Waals surface area contributed by atoms with Gasteiger partial charge in [-0.25, -0.2) is 25.6 Å². The first-order valence-electron chi connectivity index (χ1n) is 8.04. The fraction of sp³-hybridized carbons (Fsp3) is 0.235. The van der Waals surface area contributed by atoms with Gasteiger partial charge in [0.15, 0.2) is 9.84 Å². The number of sulfonamides is 1. The van der Waals surface area contributed by atoms with Crippen LogP contribution in [0.15, 0.2) is 46.2 Å². The largest absolute Gasteiger partial charge is 0.349 e. The van der Waals surface area contributed by atoms with Crippen LogP contribution in [0, 0.1) is 11.6 Å². The Morgan fingerprint density at radius 2 is 1.66 bits per heavy atom. The van der Waals surface area contributed by atoms with Crippen LogP contribution in [0.25, 0.3) is 0 Å². The lowest BCUT2D eigenvalue weighted by atomic mass is 10.3. The molecule has 2 aromatic carbocycles. The molecule has 0 bridgehead atoms. The maximum Gasteiger partial charge on any atom is 0.264 e. The van der Waals surface area contributed by atoms with Crippen molar-refractivity contribution in [2.24, 2.45) is 0 Å². The molecule has 158 valence electrons. The Kier molecular flexibility index (Phi) is 6.86. The minimum Gasteiger partial charge on any atom is -0.349 e. The zero-order chi connectivity index (χ0) is 22.0. The number of hydrogen-bond donors (Lipinski definition) is 1. The van der Waals surface area contributed by atoms with E-state index >= 15 is 0 Å². The summed E-state index contributed by atoms with van der Waals surface area (Å²) in [6.45, 7) is 0. The van der Waals surface area contributed by atoms with Crippen LogP contribution in [-0.4, -0.2) is 47.5 Å². The molecule has 29 heavy (non-hydrogen) atoms. The van der Waals surface area contributed by atoms with E-state index in [0.717, 1.165) is 18.2 Å². The number of sulfone groups is 1. The number of hydrogen-bond acceptors (Lipinski definition) is 5. The van der Waals surface area contributed by atoms with E-state index in [2.05, 4.69) is 0 Å². The Balaban J connectivity index is 2.44. The van der Waals surface area contributed by atoms with Crippen molar-refractivity contribution in [3.63, 3.8) is 0 Å². The molecule has 2 aromatic rings. The van der Waals surface area contributed by atoms with Gasteiger partial charge in [0.2, 0.25) is 5.91 Å². The molecule has 2 rings (SSSR count). The molecule has 0 saturated carbocycles. The molecule has 0 fully saturated rings. The van der Waals surface area contributed by atoms with Crippen LogP contribution < -0.4 is 4.72 Å². The van der Waals surface area contributed by atoms with Gasteiger partial charge in [-0.3, -0.25) is 9.52 Å². The summed E-state index contributed by atoms with van der Waals surface area (Å²) < 4.78 is 79.3. The van der Waals surface area contributed by atoms with Crippen molar-refractivity contribution in [1.29, 1.82) is 0 Å². The van der Waals surface area contributed by atoms with Gasteiger partial charge in [-0.15, -0.1) is 0 Å². The van der Waals surface area contributed by atoms with E-state index in [1.807, 2.05) is 4.72 Å². The summed E-state index contributed by atoms with van der Waals surface area (Å²) >= 11 is 5.85. The minimum atomic E-state index is -4.59. The number of nitrogens with zero attached hydrogens (tertiary/aromatic N) is 1. The maximum atomic E-state index is 13.9. The monoisotopic (exact) mass is 466 g/mol. The summed E-state index contributed by atoms with van der Waals surface area (Å²) in [7, 11) is -5.76. The Bertz CT molecular complexity index is 1150. The first kappa shape index (κ1) is 23.0. The Labute approximate surface area is 172 Å². The molecular weight excluding hydrogens is 450 g/mol. The van der Waals surface area contributed by atoms with Crippen LogP contribution in [0.3, 0.4) is 0 Å². The minimum absolute atomic E-state index is 0.0191. The Morgan fingerprint density at radius 3 is 2.24 bits per heavy atom. The fourth-order valence-electron chi connectivity index (χ4n) is 2.30. The zero-order valence-corrected chi connectivity index (χ0v) is 17.7. The fourth-order valence-corrected chi connectivity index (χ4v) is 5.05. The van der Waals surface area contributed by atoms with Gasteiger partial charge in [0.25, 0.3) is 10.0 Å². The van der Waals surface area contributed by atoms with Crippen LogP contribution >= 0.6 is 11.6 Å². The molecule has 0 saturated heterocycles. The number of anilines is 1. The zero-order valence-electron chi connectivity index (χ0n) is 15.3. The van der Waals surface area contributed by atoms with Crippen molar-refractivity contribution in [2.45, 2.75) is 16.2 Å². The normalized spacial score (nSPS) is 11.9. The van der Waals surface area contributed by atoms with Gasteiger partial charge < -0.3 is 4.90 Å². The van der Waals surface area contributed by atoms with E-state index in [1.54, 1.807) is 0 Å². The first-order chi connectivity index (χ1) is 13.3. The molecule has 0 aliphatic rings. The number of carbonyl (C=O) groups is 1. The molecule has 1 amide bonds. The lowest BCUT2D eigenvalue weighted by molar-refractivity contribution is -0.128. The van der Waals surface area contributed by atoms with Crippen LogP contribution in [0.2, 0.25) is 5.02 Å². The predicted molar refractivity (Wildman–Crippen MR) is 104 cm³/mol. The smallest absolute Gasteiger partial charge is 0.264 e. The Hall–Kier alpha value is -2.24. The lowest BCUT2D eigenvalue weighted by Gasteiger charge is -2.15. The van der Waals surface area contributed by atoms with Crippen molar-refractivity contribution in [3.8, 4) is 0 Å². The van der Waals surface area contributed by atoms with Crippen molar-refractivity contribution in [3.05, 3.63) is 53.1 Å². The van der Waals surface area contributed by atoms with Gasteiger partial charge in [-0.05, 0) is 30.3 Å². The first-order valence-corrected chi connectivity index (χ1v) is 11.5. The van der Waals surface area contributed by atoms with Crippen LogP contribution in [0.4, 0.5) is 14.5 Å². The number of amides is 1. The molecule has 0 atom stereocenters. The molecule has 0 heterocycles. The van der Waals surface area contributed by atoms with Gasteiger partial charge >= 0.3 is 0 Å². The number of halogens is 3. The van der Waals surface area contributed by atoms with E-state index in [1.165, 1.54) is 25.1 Å². The average molecular weight is 467 g/mol. The van der Waals surface area contributed by atoms with Gasteiger partial charge in [0.1, 0.15) is 16.5 Å². The standard InChI is InChI=1S/C17H17ClF2N2O5S2/c1-22(2)17(23)7-8-28(24,25)16-5-3-11(18)9-14(16)21-29(26,27)15-6-4-12(19)10-13(15)20/h3-6,9-10,21H,7-8H2,1-2H3. The van der Waals surface area contributed by atoms with Gasteiger partial charge in [-0.2, -0.15) is 0 Å². The molecule has 0 aromatic heterocycles. The SMILES string of the molecule is CN(C)C(=O)CCS(=O)(=O)c1ccc(Cl)cc1NS(=O)(=O)c1ccc(F)cc1F. The third-order valence-electron chi connectivity index (χ3n) is 3.79. The molecule has 0 radical (unpaired) electrons. The second-order valence-corrected chi connectivity index (χ2v) is 10.3. The maximum absolute atomic E-state index is 13.9. The highest BCUT2D eigenvalue weighted by molar-refractivity contribution is 7.93. The average Bonchev–Trinajstić information content (AvgIpc) is 2.58. The predicted octanol–water partition coefficient (Wildman–Crippen LogP) is 2.67. The van der Waals surface area contributed by atoms with E-state index in [0.29, 0.717) is 12.1 Å². The van der Waals surface area contributed by atoms with Gasteiger partial charge in [-0.1, -0.05) is 11.6 Å². The summed E-state index contributed by atoms with van der Waals surface area (Å²) in [5.74, 6) is -3.33. The second kappa shape index (κ2) is 8.64. The van der Waals surface area contributed by atoms with Gasteiger partial charge in [0, 0.05) is 31.6 Å². The second-order valence-electron chi connectivity index (χ2n) is 6.18. The summed E-state index contributed by atoms with van der Waals surface area (Å²) in [6.07, 6.45) is -0.323.